The fraction of sp³-hybridized carbons (Fsp3) is 0.966. The van der Waals surface area contributed by atoms with E-state index in [4.69, 9.17) is 24.7 Å². The van der Waals surface area contributed by atoms with Gasteiger partial charge in [0.1, 0.15) is 17.8 Å². The molecule has 11 heteroatoms. The van der Waals surface area contributed by atoms with Crippen molar-refractivity contribution in [3.63, 3.8) is 0 Å². The van der Waals surface area contributed by atoms with E-state index in [1.807, 2.05) is 6.92 Å². The molecular weight excluding hydrogens is 522 g/mol. The number of carbonyl (C=O) groups excluding carboxylic acids is 1. The van der Waals surface area contributed by atoms with Crippen LogP contribution in [-0.4, -0.2) is 104 Å². The fourth-order valence-corrected chi connectivity index (χ4v) is 6.57. The van der Waals surface area contributed by atoms with Gasteiger partial charge in [-0.1, -0.05) is 27.7 Å². The molecule has 0 amide bonds. The first kappa shape index (κ1) is 35.3. The lowest BCUT2D eigenvalue weighted by Gasteiger charge is -2.47. The second-order valence-electron chi connectivity index (χ2n) is 13.1. The molecule has 2 aliphatic heterocycles. The number of esters is 1. The third-order valence-corrected chi connectivity index (χ3v) is 9.68. The summed E-state index contributed by atoms with van der Waals surface area (Å²) in [7, 11) is 1.49. The van der Waals surface area contributed by atoms with Gasteiger partial charge in [-0.3, -0.25) is 4.79 Å². The van der Waals surface area contributed by atoms with Crippen LogP contribution in [-0.2, 0) is 23.7 Å². The molecule has 0 bridgehead atoms. The van der Waals surface area contributed by atoms with E-state index in [0.717, 1.165) is 0 Å². The highest BCUT2D eigenvalue weighted by atomic mass is 16.7. The van der Waals surface area contributed by atoms with Crippen molar-refractivity contribution in [2.75, 3.05) is 7.11 Å². The molecule has 0 aliphatic carbocycles. The van der Waals surface area contributed by atoms with E-state index in [1.165, 1.54) is 21.0 Å². The minimum atomic E-state index is -1.81. The molecule has 15 unspecified atom stereocenters. The zero-order valence-electron chi connectivity index (χ0n) is 25.9. The maximum Gasteiger partial charge on any atom is 0.311 e. The van der Waals surface area contributed by atoms with Crippen LogP contribution in [0.5, 0.6) is 0 Å². The second-order valence-corrected chi connectivity index (χ2v) is 13.1. The summed E-state index contributed by atoms with van der Waals surface area (Å²) >= 11 is 0. The molecule has 0 radical (unpaired) electrons. The van der Waals surface area contributed by atoms with Crippen molar-refractivity contribution in [3.05, 3.63) is 0 Å². The van der Waals surface area contributed by atoms with Gasteiger partial charge in [-0.15, -0.1) is 0 Å². The Morgan fingerprint density at radius 2 is 1.52 bits per heavy atom. The Morgan fingerprint density at radius 1 is 0.950 bits per heavy atom. The molecule has 40 heavy (non-hydrogen) atoms. The summed E-state index contributed by atoms with van der Waals surface area (Å²) in [6.07, 6.45) is -6.71. The number of rotatable bonds is 4. The Bertz CT molecular complexity index is 840. The number of hydrogen-bond acceptors (Lipinski definition) is 11. The molecule has 236 valence electrons. The lowest BCUT2D eigenvalue weighted by molar-refractivity contribution is -0.299. The average molecular weight is 578 g/mol. The van der Waals surface area contributed by atoms with Gasteiger partial charge in [-0.2, -0.15) is 0 Å². The predicted octanol–water partition coefficient (Wildman–Crippen LogP) is 1.09. The van der Waals surface area contributed by atoms with Crippen molar-refractivity contribution in [1.82, 2.24) is 0 Å². The predicted molar refractivity (Wildman–Crippen MR) is 148 cm³/mol. The number of ether oxygens (including phenoxy) is 4. The third-order valence-electron chi connectivity index (χ3n) is 9.68. The van der Waals surface area contributed by atoms with Gasteiger partial charge >= 0.3 is 5.97 Å². The van der Waals surface area contributed by atoms with Crippen LogP contribution in [0.3, 0.4) is 0 Å². The first-order valence-corrected chi connectivity index (χ1v) is 14.6. The molecule has 2 fully saturated rings. The summed E-state index contributed by atoms with van der Waals surface area (Å²) in [5.41, 5.74) is 2.06. The van der Waals surface area contributed by atoms with Gasteiger partial charge in [0.05, 0.1) is 41.5 Å². The summed E-state index contributed by atoms with van der Waals surface area (Å²) in [6.45, 7) is 14.9. The van der Waals surface area contributed by atoms with Crippen LogP contribution in [0, 0.1) is 23.7 Å². The van der Waals surface area contributed by atoms with E-state index >= 15 is 0 Å². The monoisotopic (exact) mass is 577 g/mol. The van der Waals surface area contributed by atoms with E-state index < -0.39 is 89.5 Å². The molecule has 0 saturated carbocycles. The van der Waals surface area contributed by atoms with Crippen molar-refractivity contribution in [2.45, 2.75) is 147 Å². The summed E-state index contributed by atoms with van der Waals surface area (Å²) in [5.74, 6) is -3.43. The van der Waals surface area contributed by atoms with E-state index in [0.29, 0.717) is 0 Å². The Balaban J connectivity index is 2.54. The number of hydrogen-bond donors (Lipinski definition) is 6. The maximum absolute atomic E-state index is 13.5. The minimum Gasteiger partial charge on any atom is -0.459 e. The lowest BCUT2D eigenvalue weighted by Crippen LogP contribution is -2.60. The number of methoxy groups -OCH3 is 1. The summed E-state index contributed by atoms with van der Waals surface area (Å²) < 4.78 is 23.6. The van der Waals surface area contributed by atoms with Crippen LogP contribution in [0.1, 0.15) is 81.6 Å². The smallest absolute Gasteiger partial charge is 0.311 e. The lowest BCUT2D eigenvalue weighted by atomic mass is 9.73. The molecular formula is C29H55NO10. The maximum atomic E-state index is 13.5. The Morgan fingerprint density at radius 3 is 2.05 bits per heavy atom. The molecule has 0 spiro atoms. The number of aliphatic hydroxyl groups is 5. The van der Waals surface area contributed by atoms with Gasteiger partial charge in [-0.25, -0.2) is 0 Å². The van der Waals surface area contributed by atoms with Gasteiger partial charge in [0, 0.05) is 31.4 Å². The molecule has 2 rings (SSSR count). The molecule has 2 saturated heterocycles. The Hall–Kier alpha value is -0.890. The molecule has 7 N–H and O–H groups in total. The number of aliphatic hydroxyl groups excluding tert-OH is 3. The number of carbonyl (C=O) groups is 1. The Labute approximate surface area is 239 Å². The van der Waals surface area contributed by atoms with Gasteiger partial charge in [0.25, 0.3) is 0 Å². The molecule has 2 aliphatic rings. The van der Waals surface area contributed by atoms with Crippen LogP contribution < -0.4 is 5.73 Å². The quantitative estimate of drug-likeness (QED) is 0.263. The van der Waals surface area contributed by atoms with Crippen LogP contribution in [0.2, 0.25) is 0 Å². The first-order chi connectivity index (χ1) is 18.2. The zero-order chi connectivity index (χ0) is 31.0. The van der Waals surface area contributed by atoms with E-state index in [2.05, 4.69) is 0 Å². The van der Waals surface area contributed by atoms with Crippen molar-refractivity contribution in [2.24, 2.45) is 29.4 Å². The average Bonchev–Trinajstić information content (AvgIpc) is 2.89. The van der Waals surface area contributed by atoms with Crippen molar-refractivity contribution >= 4 is 5.97 Å². The zero-order valence-corrected chi connectivity index (χ0v) is 25.9. The minimum absolute atomic E-state index is 0.0898. The molecule has 2 heterocycles. The summed E-state index contributed by atoms with van der Waals surface area (Å²) in [6, 6.07) is -0.646. The van der Waals surface area contributed by atoms with E-state index in [-0.39, 0.29) is 25.2 Å². The van der Waals surface area contributed by atoms with Crippen molar-refractivity contribution < 1.29 is 49.3 Å². The second kappa shape index (κ2) is 13.2. The largest absolute Gasteiger partial charge is 0.459 e. The highest BCUT2D eigenvalue weighted by molar-refractivity contribution is 5.73. The van der Waals surface area contributed by atoms with Crippen molar-refractivity contribution in [3.8, 4) is 0 Å². The summed E-state index contributed by atoms with van der Waals surface area (Å²) in [4.78, 5) is 13.5. The van der Waals surface area contributed by atoms with Gasteiger partial charge < -0.3 is 50.2 Å². The highest BCUT2D eigenvalue weighted by Gasteiger charge is 2.51. The first-order valence-electron chi connectivity index (χ1n) is 14.6. The number of nitrogens with two attached hydrogens (primary N) is 1. The highest BCUT2D eigenvalue weighted by Crippen LogP contribution is 2.38. The SMILES string of the molecule is CCC1OC(=O)C(C)C(OC2CC(C)(OC)C(O)C(C)O2)C(C)C(O)C(C)(O)CC(C)C(N)C(C)C(O)C1(C)O. The molecule has 0 aromatic carbocycles. The van der Waals surface area contributed by atoms with Crippen LogP contribution >= 0.6 is 0 Å². The standard InChI is InChI=1S/C29H55NO10/c1-11-19-29(9,36)24(32)15(3)21(30)14(2)12-27(7,35)23(31)16(4)22(17(5)26(34)39-19)40-20-13-28(8,37-10)25(33)18(6)38-20/h14-25,31-33,35-36H,11-13,30H2,1-10H3. The summed E-state index contributed by atoms with van der Waals surface area (Å²) in [5, 5.41) is 56.1. The topological polar surface area (TPSA) is 181 Å². The van der Waals surface area contributed by atoms with E-state index in [9.17, 15) is 30.3 Å². The fourth-order valence-electron chi connectivity index (χ4n) is 6.57. The third kappa shape index (κ3) is 7.18. The van der Waals surface area contributed by atoms with Gasteiger partial charge in [-0.05, 0) is 53.4 Å². The van der Waals surface area contributed by atoms with Gasteiger partial charge in [0.15, 0.2) is 6.29 Å². The molecule has 15 atom stereocenters. The molecule has 0 aromatic heterocycles. The van der Waals surface area contributed by atoms with E-state index in [1.54, 1.807) is 41.5 Å². The van der Waals surface area contributed by atoms with Gasteiger partial charge in [0.2, 0.25) is 0 Å². The van der Waals surface area contributed by atoms with Crippen LogP contribution in [0.25, 0.3) is 0 Å². The number of cyclic esters (lactones) is 1. The van der Waals surface area contributed by atoms with Crippen molar-refractivity contribution in [1.29, 1.82) is 0 Å². The molecule has 0 aromatic rings. The normalized spacial score (nSPS) is 52.0. The molecule has 11 nitrogen and oxygen atoms in total. The Kier molecular flexibility index (Phi) is 11.6. The van der Waals surface area contributed by atoms with Crippen LogP contribution in [0.15, 0.2) is 0 Å². The van der Waals surface area contributed by atoms with Crippen LogP contribution in [0.4, 0.5) is 0 Å².